The fraction of sp³-hybridized carbons (Fsp3) is 0. The van der Waals surface area contributed by atoms with Crippen LogP contribution >= 0.6 is 0 Å². The molecule has 1 aromatic rings. The van der Waals surface area contributed by atoms with E-state index in [0.717, 1.165) is 11.3 Å². The number of allylic oxidation sites excluding steroid dienone is 1. The molecule has 0 bridgehead atoms. The Kier molecular flexibility index (Phi) is 1.20. The minimum atomic E-state index is 0.829. The molecule has 0 atom stereocenters. The van der Waals surface area contributed by atoms with Gasteiger partial charge in [0.15, 0.2) is 0 Å². The maximum atomic E-state index is 3.66. The zero-order chi connectivity index (χ0) is 5.98. The van der Waals surface area contributed by atoms with Crippen LogP contribution in [0.2, 0.25) is 0 Å². The van der Waals surface area contributed by atoms with Gasteiger partial charge in [-0.1, -0.05) is 6.58 Å². The molecule has 0 aliphatic carbocycles. The summed E-state index contributed by atoms with van der Waals surface area (Å²) in [5.41, 5.74) is 1.83. The lowest BCUT2D eigenvalue weighted by Gasteiger charge is -1.88. The molecular formula is C7H8N. The van der Waals surface area contributed by atoms with Gasteiger partial charge >= 0.3 is 0 Å². The standard InChI is InChI=1S/C7H8N/c1-6(2)7-4-3-5-8-7/h3-5,8H,1-2H2. The van der Waals surface area contributed by atoms with Gasteiger partial charge in [0.25, 0.3) is 0 Å². The monoisotopic (exact) mass is 106 g/mol. The van der Waals surface area contributed by atoms with E-state index in [-0.39, 0.29) is 0 Å². The van der Waals surface area contributed by atoms with Crippen LogP contribution in [0.1, 0.15) is 5.69 Å². The van der Waals surface area contributed by atoms with Crippen molar-refractivity contribution in [2.24, 2.45) is 0 Å². The normalized spacial score (nSPS) is 9.12. The van der Waals surface area contributed by atoms with E-state index in [2.05, 4.69) is 18.5 Å². The molecule has 0 amide bonds. The van der Waals surface area contributed by atoms with E-state index in [4.69, 9.17) is 0 Å². The smallest absolute Gasteiger partial charge is 0.0406 e. The number of nitrogens with one attached hydrogen (secondary N) is 1. The zero-order valence-corrected chi connectivity index (χ0v) is 4.65. The van der Waals surface area contributed by atoms with E-state index < -0.39 is 0 Å². The Morgan fingerprint density at radius 3 is 2.62 bits per heavy atom. The van der Waals surface area contributed by atoms with Crippen LogP contribution in [0, 0.1) is 6.92 Å². The van der Waals surface area contributed by atoms with Crippen LogP contribution < -0.4 is 0 Å². The molecule has 1 heterocycles. The number of aromatic amines is 1. The van der Waals surface area contributed by atoms with Crippen LogP contribution in [0.25, 0.3) is 5.57 Å². The van der Waals surface area contributed by atoms with Crippen LogP contribution in [-0.4, -0.2) is 4.98 Å². The van der Waals surface area contributed by atoms with Crippen molar-refractivity contribution in [1.29, 1.82) is 0 Å². The highest BCUT2D eigenvalue weighted by molar-refractivity contribution is 5.62. The molecule has 0 aliphatic rings. The second kappa shape index (κ2) is 1.86. The van der Waals surface area contributed by atoms with Crippen LogP contribution in [0.5, 0.6) is 0 Å². The summed E-state index contributed by atoms with van der Waals surface area (Å²) in [6.07, 6.45) is 1.85. The van der Waals surface area contributed by atoms with Crippen molar-refractivity contribution in [2.45, 2.75) is 0 Å². The third-order valence-electron chi connectivity index (χ3n) is 0.979. The molecule has 1 radical (unpaired) electrons. The molecule has 0 saturated carbocycles. The van der Waals surface area contributed by atoms with Crippen LogP contribution in [0.3, 0.4) is 0 Å². The molecule has 1 heteroatoms. The third kappa shape index (κ3) is 0.808. The Morgan fingerprint density at radius 1 is 1.62 bits per heavy atom. The van der Waals surface area contributed by atoms with Gasteiger partial charge in [-0.05, 0) is 24.6 Å². The first-order chi connectivity index (χ1) is 3.80. The molecule has 1 aromatic heterocycles. The van der Waals surface area contributed by atoms with E-state index in [1.807, 2.05) is 18.3 Å². The zero-order valence-electron chi connectivity index (χ0n) is 4.65. The van der Waals surface area contributed by atoms with Gasteiger partial charge in [0.2, 0.25) is 0 Å². The average Bonchev–Trinajstić information content (AvgIpc) is 2.12. The number of H-pyrrole nitrogens is 1. The molecule has 41 valence electrons. The fourth-order valence-corrected chi connectivity index (χ4v) is 0.550. The van der Waals surface area contributed by atoms with Crippen molar-refractivity contribution < 1.29 is 0 Å². The summed E-state index contributed by atoms with van der Waals surface area (Å²) in [5, 5.41) is 0. The number of hydrogen-bond donors (Lipinski definition) is 1. The maximum absolute atomic E-state index is 3.66. The van der Waals surface area contributed by atoms with E-state index in [9.17, 15) is 0 Å². The number of rotatable bonds is 1. The molecule has 1 rings (SSSR count). The predicted octanol–water partition coefficient (Wildman–Crippen LogP) is 1.86. The van der Waals surface area contributed by atoms with Gasteiger partial charge in [0.1, 0.15) is 0 Å². The highest BCUT2D eigenvalue weighted by Crippen LogP contribution is 2.05. The molecule has 0 spiro atoms. The Labute approximate surface area is 49.0 Å². The lowest BCUT2D eigenvalue weighted by atomic mass is 10.3. The van der Waals surface area contributed by atoms with E-state index >= 15 is 0 Å². The third-order valence-corrected chi connectivity index (χ3v) is 0.979. The summed E-state index contributed by atoms with van der Waals surface area (Å²) in [4.78, 5) is 2.97. The number of aromatic nitrogens is 1. The SMILES string of the molecule is [CH2]C(=C)c1ccc[nH]1. The molecule has 0 saturated heterocycles. The van der Waals surface area contributed by atoms with Crippen molar-refractivity contribution in [3.8, 4) is 0 Å². The lowest BCUT2D eigenvalue weighted by Crippen LogP contribution is -1.72. The van der Waals surface area contributed by atoms with Gasteiger partial charge in [-0.25, -0.2) is 0 Å². The summed E-state index contributed by atoms with van der Waals surface area (Å²) in [7, 11) is 0. The van der Waals surface area contributed by atoms with Gasteiger partial charge in [-0.3, -0.25) is 0 Å². The second-order valence-electron chi connectivity index (χ2n) is 1.69. The fourth-order valence-electron chi connectivity index (χ4n) is 0.550. The van der Waals surface area contributed by atoms with Crippen LogP contribution in [0.4, 0.5) is 0 Å². The summed E-state index contributed by atoms with van der Waals surface area (Å²) in [6, 6.07) is 3.86. The molecule has 0 fully saturated rings. The first-order valence-corrected chi connectivity index (χ1v) is 2.45. The summed E-state index contributed by atoms with van der Waals surface area (Å²) < 4.78 is 0. The van der Waals surface area contributed by atoms with Gasteiger partial charge < -0.3 is 4.98 Å². The predicted molar refractivity (Wildman–Crippen MR) is 35.2 cm³/mol. The Balaban J connectivity index is 2.93. The summed E-state index contributed by atoms with van der Waals surface area (Å²) in [6.45, 7) is 7.31. The highest BCUT2D eigenvalue weighted by atomic mass is 14.7. The van der Waals surface area contributed by atoms with Crippen molar-refractivity contribution >= 4 is 5.57 Å². The van der Waals surface area contributed by atoms with E-state index in [1.54, 1.807) is 0 Å². The Morgan fingerprint density at radius 2 is 2.38 bits per heavy atom. The van der Waals surface area contributed by atoms with Gasteiger partial charge in [0, 0.05) is 11.9 Å². The molecule has 1 N–H and O–H groups in total. The largest absolute Gasteiger partial charge is 0.361 e. The highest BCUT2D eigenvalue weighted by Gasteiger charge is 1.87. The topological polar surface area (TPSA) is 15.8 Å². The average molecular weight is 106 g/mol. The van der Waals surface area contributed by atoms with E-state index in [0.29, 0.717) is 0 Å². The lowest BCUT2D eigenvalue weighted by molar-refractivity contribution is 1.36. The second-order valence-corrected chi connectivity index (χ2v) is 1.69. The van der Waals surface area contributed by atoms with Crippen molar-refractivity contribution in [3.05, 3.63) is 37.5 Å². The quantitative estimate of drug-likeness (QED) is 0.562. The van der Waals surface area contributed by atoms with Crippen LogP contribution in [-0.2, 0) is 0 Å². The van der Waals surface area contributed by atoms with Crippen molar-refractivity contribution in [2.75, 3.05) is 0 Å². The van der Waals surface area contributed by atoms with Gasteiger partial charge in [-0.15, -0.1) is 0 Å². The summed E-state index contributed by atoms with van der Waals surface area (Å²) >= 11 is 0. The number of hydrogen-bond acceptors (Lipinski definition) is 0. The molecule has 1 nitrogen and oxygen atoms in total. The van der Waals surface area contributed by atoms with Crippen molar-refractivity contribution in [1.82, 2.24) is 4.98 Å². The summed E-state index contributed by atoms with van der Waals surface area (Å²) in [5.74, 6) is 0. The van der Waals surface area contributed by atoms with Gasteiger partial charge in [0.05, 0.1) is 0 Å². The van der Waals surface area contributed by atoms with Crippen LogP contribution in [0.15, 0.2) is 24.9 Å². The van der Waals surface area contributed by atoms with Crippen molar-refractivity contribution in [3.63, 3.8) is 0 Å². The molecule has 0 aliphatic heterocycles. The molecule has 0 aromatic carbocycles. The minimum Gasteiger partial charge on any atom is -0.361 e. The Hall–Kier alpha value is -0.980. The van der Waals surface area contributed by atoms with Gasteiger partial charge in [-0.2, -0.15) is 0 Å². The molecule has 8 heavy (non-hydrogen) atoms. The first-order valence-electron chi connectivity index (χ1n) is 2.45. The minimum absolute atomic E-state index is 0.829. The Bertz CT molecular complexity index is 172. The van der Waals surface area contributed by atoms with E-state index in [1.165, 1.54) is 0 Å². The molecular weight excluding hydrogens is 98.1 g/mol. The molecule has 0 unspecified atom stereocenters. The first kappa shape index (κ1) is 5.16. The maximum Gasteiger partial charge on any atom is 0.0406 e.